The topological polar surface area (TPSA) is 60.2 Å². The molecule has 0 aliphatic carbocycles. The molecule has 1 rings (SSSR count). The van der Waals surface area contributed by atoms with Gasteiger partial charge in [-0.3, -0.25) is 0 Å². The second-order valence-electron chi connectivity index (χ2n) is 5.46. The highest BCUT2D eigenvalue weighted by molar-refractivity contribution is 4.85. The van der Waals surface area contributed by atoms with Crippen molar-refractivity contribution in [3.05, 3.63) is 11.8 Å². The molecule has 0 aliphatic heterocycles. The molecular formula is C12H23N3O2. The molecule has 0 bridgehead atoms. The average molecular weight is 241 g/mol. The fraction of sp³-hybridized carbons (Fsp3) is 0.833. The second-order valence-corrected chi connectivity index (χ2v) is 5.46. The zero-order chi connectivity index (χ0) is 12.9. The molecule has 1 atom stereocenters. The van der Waals surface area contributed by atoms with Crippen LogP contribution in [0, 0.1) is 5.92 Å². The fourth-order valence-electron chi connectivity index (χ4n) is 1.42. The summed E-state index contributed by atoms with van der Waals surface area (Å²) in [7, 11) is 1.70. The molecule has 0 amide bonds. The first kappa shape index (κ1) is 14.1. The summed E-state index contributed by atoms with van der Waals surface area (Å²) in [6, 6.07) is 0. The molecule has 5 nitrogen and oxygen atoms in total. The van der Waals surface area contributed by atoms with Crippen molar-refractivity contribution in [3.63, 3.8) is 0 Å². The molecular weight excluding hydrogens is 218 g/mol. The number of ether oxygens (including phenoxy) is 1. The van der Waals surface area contributed by atoms with Gasteiger partial charge < -0.3 is 14.5 Å². The Hall–Kier alpha value is -0.940. The zero-order valence-electron chi connectivity index (χ0n) is 11.4. The standard InChI is InChI=1S/C12H23N3O2/c1-9(8-16-5)6-10-14-15-11(17-10)7-13-12(2,3)4/h9,13H,6-8H2,1-5H3. The van der Waals surface area contributed by atoms with Crippen LogP contribution in [0.15, 0.2) is 4.42 Å². The summed E-state index contributed by atoms with van der Waals surface area (Å²) in [6.07, 6.45) is 0.760. The summed E-state index contributed by atoms with van der Waals surface area (Å²) in [4.78, 5) is 0. The van der Waals surface area contributed by atoms with Crippen LogP contribution < -0.4 is 5.32 Å². The van der Waals surface area contributed by atoms with Gasteiger partial charge in [0.15, 0.2) is 0 Å². The molecule has 1 unspecified atom stereocenters. The molecule has 0 aromatic carbocycles. The lowest BCUT2D eigenvalue weighted by atomic mass is 10.1. The van der Waals surface area contributed by atoms with Crippen molar-refractivity contribution in [2.24, 2.45) is 5.92 Å². The predicted octanol–water partition coefficient (Wildman–Crippen LogP) is 1.78. The summed E-state index contributed by atoms with van der Waals surface area (Å²) < 4.78 is 10.6. The minimum absolute atomic E-state index is 0.0535. The van der Waals surface area contributed by atoms with E-state index in [9.17, 15) is 0 Å². The van der Waals surface area contributed by atoms with Gasteiger partial charge in [0.2, 0.25) is 11.8 Å². The number of aromatic nitrogens is 2. The van der Waals surface area contributed by atoms with E-state index in [1.165, 1.54) is 0 Å². The molecule has 0 aliphatic rings. The van der Waals surface area contributed by atoms with Crippen molar-refractivity contribution in [2.75, 3.05) is 13.7 Å². The summed E-state index contributed by atoms with van der Waals surface area (Å²) in [5.74, 6) is 1.71. The van der Waals surface area contributed by atoms with Gasteiger partial charge in [-0.1, -0.05) is 6.92 Å². The maximum atomic E-state index is 5.56. The predicted molar refractivity (Wildman–Crippen MR) is 65.6 cm³/mol. The van der Waals surface area contributed by atoms with Gasteiger partial charge in [-0.05, 0) is 26.7 Å². The molecule has 0 saturated carbocycles. The van der Waals surface area contributed by atoms with E-state index in [0.717, 1.165) is 6.42 Å². The van der Waals surface area contributed by atoms with Crippen molar-refractivity contribution in [1.82, 2.24) is 15.5 Å². The number of methoxy groups -OCH3 is 1. The molecule has 0 saturated heterocycles. The number of nitrogens with zero attached hydrogens (tertiary/aromatic N) is 2. The van der Waals surface area contributed by atoms with Crippen LogP contribution in [0.2, 0.25) is 0 Å². The van der Waals surface area contributed by atoms with Crippen molar-refractivity contribution < 1.29 is 9.15 Å². The molecule has 5 heteroatoms. The van der Waals surface area contributed by atoms with Crippen LogP contribution >= 0.6 is 0 Å². The smallest absolute Gasteiger partial charge is 0.230 e. The quantitative estimate of drug-likeness (QED) is 0.822. The van der Waals surface area contributed by atoms with Gasteiger partial charge >= 0.3 is 0 Å². The van der Waals surface area contributed by atoms with E-state index in [4.69, 9.17) is 9.15 Å². The Labute approximate surface area is 103 Å². The summed E-state index contributed by atoms with van der Waals surface area (Å²) in [6.45, 7) is 9.72. The highest BCUT2D eigenvalue weighted by atomic mass is 16.5. The van der Waals surface area contributed by atoms with E-state index >= 15 is 0 Å². The highest BCUT2D eigenvalue weighted by Crippen LogP contribution is 2.09. The van der Waals surface area contributed by atoms with E-state index in [0.29, 0.717) is 30.9 Å². The van der Waals surface area contributed by atoms with Crippen LogP contribution in [0.25, 0.3) is 0 Å². The lowest BCUT2D eigenvalue weighted by molar-refractivity contribution is 0.156. The van der Waals surface area contributed by atoms with Crippen LogP contribution in [-0.4, -0.2) is 29.5 Å². The van der Waals surface area contributed by atoms with E-state index in [1.807, 2.05) is 0 Å². The molecule has 1 aromatic rings. The summed E-state index contributed by atoms with van der Waals surface area (Å²) in [5.41, 5.74) is 0.0535. The molecule has 98 valence electrons. The van der Waals surface area contributed by atoms with E-state index in [1.54, 1.807) is 7.11 Å². The second kappa shape index (κ2) is 6.12. The normalized spacial score (nSPS) is 13.9. The van der Waals surface area contributed by atoms with Gasteiger partial charge in [0.1, 0.15) is 0 Å². The van der Waals surface area contributed by atoms with Crippen molar-refractivity contribution in [1.29, 1.82) is 0 Å². The van der Waals surface area contributed by atoms with E-state index < -0.39 is 0 Å². The lowest BCUT2D eigenvalue weighted by Crippen LogP contribution is -2.35. The van der Waals surface area contributed by atoms with Gasteiger partial charge in [-0.2, -0.15) is 0 Å². The lowest BCUT2D eigenvalue weighted by Gasteiger charge is -2.18. The first-order valence-electron chi connectivity index (χ1n) is 5.96. The Morgan fingerprint density at radius 2 is 1.94 bits per heavy atom. The van der Waals surface area contributed by atoms with Crippen molar-refractivity contribution >= 4 is 0 Å². The van der Waals surface area contributed by atoms with Crippen LogP contribution in [0.3, 0.4) is 0 Å². The van der Waals surface area contributed by atoms with Crippen LogP contribution in [0.5, 0.6) is 0 Å². The van der Waals surface area contributed by atoms with Gasteiger partial charge in [0, 0.05) is 25.7 Å². The molecule has 0 fully saturated rings. The number of hydrogen-bond donors (Lipinski definition) is 1. The Balaban J connectivity index is 2.42. The first-order chi connectivity index (χ1) is 7.90. The molecule has 1 aromatic heterocycles. The Bertz CT molecular complexity index is 331. The van der Waals surface area contributed by atoms with E-state index in [-0.39, 0.29) is 5.54 Å². The zero-order valence-corrected chi connectivity index (χ0v) is 11.4. The van der Waals surface area contributed by atoms with Crippen LogP contribution in [0.4, 0.5) is 0 Å². The monoisotopic (exact) mass is 241 g/mol. The Morgan fingerprint density at radius 1 is 1.29 bits per heavy atom. The number of rotatable bonds is 6. The minimum Gasteiger partial charge on any atom is -0.424 e. The molecule has 0 radical (unpaired) electrons. The van der Waals surface area contributed by atoms with Gasteiger partial charge in [-0.15, -0.1) is 10.2 Å². The number of nitrogens with one attached hydrogen (secondary N) is 1. The largest absolute Gasteiger partial charge is 0.424 e. The van der Waals surface area contributed by atoms with Gasteiger partial charge in [0.25, 0.3) is 0 Å². The summed E-state index contributed by atoms with van der Waals surface area (Å²) >= 11 is 0. The minimum atomic E-state index is 0.0535. The molecule has 1 heterocycles. The third-order valence-corrected chi connectivity index (χ3v) is 2.25. The Morgan fingerprint density at radius 3 is 2.53 bits per heavy atom. The van der Waals surface area contributed by atoms with Crippen molar-refractivity contribution in [3.8, 4) is 0 Å². The third-order valence-electron chi connectivity index (χ3n) is 2.25. The first-order valence-corrected chi connectivity index (χ1v) is 5.96. The molecule has 1 N–H and O–H groups in total. The highest BCUT2D eigenvalue weighted by Gasteiger charge is 2.13. The number of hydrogen-bond acceptors (Lipinski definition) is 5. The summed E-state index contributed by atoms with van der Waals surface area (Å²) in [5, 5.41) is 11.3. The van der Waals surface area contributed by atoms with Crippen LogP contribution in [0.1, 0.15) is 39.5 Å². The maximum absolute atomic E-state index is 5.56. The van der Waals surface area contributed by atoms with Crippen molar-refractivity contribution in [2.45, 2.75) is 46.2 Å². The maximum Gasteiger partial charge on any atom is 0.230 e. The SMILES string of the molecule is COCC(C)Cc1nnc(CNC(C)(C)C)o1. The third kappa shape index (κ3) is 5.79. The van der Waals surface area contributed by atoms with Gasteiger partial charge in [-0.25, -0.2) is 0 Å². The van der Waals surface area contributed by atoms with Crippen LogP contribution in [-0.2, 0) is 17.7 Å². The Kier molecular flexibility index (Phi) is 5.08. The average Bonchev–Trinajstić information content (AvgIpc) is 2.62. The van der Waals surface area contributed by atoms with E-state index in [2.05, 4.69) is 43.2 Å². The fourth-order valence-corrected chi connectivity index (χ4v) is 1.42. The van der Waals surface area contributed by atoms with Gasteiger partial charge in [0.05, 0.1) is 6.54 Å². The molecule has 0 spiro atoms. The molecule has 17 heavy (non-hydrogen) atoms.